The first-order valence-corrected chi connectivity index (χ1v) is 5.94. The number of benzene rings is 1. The lowest BCUT2D eigenvalue weighted by Crippen LogP contribution is -2.22. The molecular formula is C14H13NO4. The van der Waals surface area contributed by atoms with Crippen LogP contribution in [0.2, 0.25) is 0 Å². The van der Waals surface area contributed by atoms with Crippen LogP contribution in [0.4, 0.5) is 0 Å². The lowest BCUT2D eigenvalue weighted by molar-refractivity contribution is -0.131. The van der Waals surface area contributed by atoms with Gasteiger partial charge < -0.3 is 10.4 Å². The van der Waals surface area contributed by atoms with Gasteiger partial charge in [0.05, 0.1) is 0 Å². The lowest BCUT2D eigenvalue weighted by atomic mass is 9.99. The van der Waals surface area contributed by atoms with Crippen molar-refractivity contribution >= 4 is 17.7 Å². The molecule has 1 aromatic carbocycles. The summed E-state index contributed by atoms with van der Waals surface area (Å²) in [5, 5.41) is 11.2. The molecule has 0 saturated carbocycles. The molecule has 0 aromatic heterocycles. The van der Waals surface area contributed by atoms with Crippen LogP contribution in [0.1, 0.15) is 32.7 Å². The summed E-state index contributed by atoms with van der Waals surface area (Å²) in [6.07, 6.45) is 3.42. The van der Waals surface area contributed by atoms with Crippen LogP contribution in [0.15, 0.2) is 30.4 Å². The Morgan fingerprint density at radius 2 is 2.05 bits per heavy atom. The number of carboxylic acids is 1. The topological polar surface area (TPSA) is 83.5 Å². The van der Waals surface area contributed by atoms with Crippen molar-refractivity contribution in [2.45, 2.75) is 12.8 Å². The van der Waals surface area contributed by atoms with Crippen LogP contribution in [-0.2, 0) is 11.2 Å². The zero-order valence-electron chi connectivity index (χ0n) is 10.2. The van der Waals surface area contributed by atoms with E-state index in [0.717, 1.165) is 30.6 Å². The number of carboxylic acid groups (broad SMARTS) is 1. The Balaban J connectivity index is 2.32. The fraction of sp³-hybridized carbons (Fsp3) is 0.214. The summed E-state index contributed by atoms with van der Waals surface area (Å²) < 4.78 is 0. The van der Waals surface area contributed by atoms with Crippen LogP contribution >= 0.6 is 0 Å². The normalized spacial score (nSPS) is 14.6. The van der Waals surface area contributed by atoms with Gasteiger partial charge in [-0.15, -0.1) is 0 Å². The molecule has 98 valence electrons. The lowest BCUT2D eigenvalue weighted by Gasteiger charge is -2.05. The van der Waals surface area contributed by atoms with E-state index in [9.17, 15) is 14.4 Å². The number of hydrogen-bond acceptors (Lipinski definition) is 3. The summed E-state index contributed by atoms with van der Waals surface area (Å²) in [5.74, 6) is -1.80. The highest BCUT2D eigenvalue weighted by Crippen LogP contribution is 2.17. The van der Waals surface area contributed by atoms with Crippen molar-refractivity contribution in [2.24, 2.45) is 0 Å². The summed E-state index contributed by atoms with van der Waals surface area (Å²) in [6, 6.07) is 4.89. The molecule has 1 aliphatic heterocycles. The molecule has 0 atom stereocenters. The summed E-state index contributed by atoms with van der Waals surface area (Å²) in [4.78, 5) is 33.9. The zero-order chi connectivity index (χ0) is 13.8. The first kappa shape index (κ1) is 13.0. The summed E-state index contributed by atoms with van der Waals surface area (Å²) in [7, 11) is 0. The van der Waals surface area contributed by atoms with Crippen LogP contribution in [0.5, 0.6) is 0 Å². The van der Waals surface area contributed by atoms with Gasteiger partial charge in [0, 0.05) is 23.7 Å². The fourth-order valence-corrected chi connectivity index (χ4v) is 1.98. The van der Waals surface area contributed by atoms with Crippen LogP contribution in [-0.4, -0.2) is 29.3 Å². The number of hydrogen-bond donors (Lipinski definition) is 2. The smallest absolute Gasteiger partial charge is 0.328 e. The Hall–Kier alpha value is -2.43. The fourth-order valence-electron chi connectivity index (χ4n) is 1.98. The summed E-state index contributed by atoms with van der Waals surface area (Å²) >= 11 is 0. The van der Waals surface area contributed by atoms with Gasteiger partial charge in [-0.1, -0.05) is 12.1 Å². The second-order valence-electron chi connectivity index (χ2n) is 4.27. The minimum absolute atomic E-state index is 0.190. The minimum atomic E-state index is -1.18. The Morgan fingerprint density at radius 3 is 2.79 bits per heavy atom. The van der Waals surface area contributed by atoms with Crippen LogP contribution in [0.25, 0.3) is 0 Å². The van der Waals surface area contributed by atoms with Crippen molar-refractivity contribution in [1.29, 1.82) is 0 Å². The quantitative estimate of drug-likeness (QED) is 0.630. The van der Waals surface area contributed by atoms with E-state index in [0.29, 0.717) is 17.7 Å². The first-order valence-electron chi connectivity index (χ1n) is 5.94. The maximum absolute atomic E-state index is 11.8. The molecule has 0 radical (unpaired) electrons. The second-order valence-corrected chi connectivity index (χ2v) is 4.27. The highest BCUT2D eigenvalue weighted by molar-refractivity contribution is 6.08. The van der Waals surface area contributed by atoms with Crippen molar-refractivity contribution in [3.8, 4) is 0 Å². The number of allylic oxidation sites excluding steroid dienone is 1. The molecule has 0 saturated heterocycles. The Labute approximate surface area is 109 Å². The van der Waals surface area contributed by atoms with Crippen molar-refractivity contribution < 1.29 is 19.5 Å². The van der Waals surface area contributed by atoms with E-state index in [1.807, 2.05) is 0 Å². The minimum Gasteiger partial charge on any atom is -0.478 e. The van der Waals surface area contributed by atoms with Gasteiger partial charge in [0.25, 0.3) is 5.91 Å². The van der Waals surface area contributed by atoms with E-state index in [-0.39, 0.29) is 5.91 Å². The highest BCUT2D eigenvalue weighted by atomic mass is 16.4. The van der Waals surface area contributed by atoms with E-state index < -0.39 is 11.8 Å². The highest BCUT2D eigenvalue weighted by Gasteiger charge is 2.16. The van der Waals surface area contributed by atoms with Gasteiger partial charge in [0.2, 0.25) is 0 Å². The van der Waals surface area contributed by atoms with Gasteiger partial charge in [-0.2, -0.15) is 0 Å². The van der Waals surface area contributed by atoms with Gasteiger partial charge in [-0.05, 0) is 30.5 Å². The summed E-state index contributed by atoms with van der Waals surface area (Å²) in [5.41, 5.74) is 1.72. The molecule has 1 aliphatic rings. The average molecular weight is 259 g/mol. The second kappa shape index (κ2) is 5.48. The molecule has 5 heteroatoms. The molecule has 0 aliphatic carbocycles. The van der Waals surface area contributed by atoms with E-state index >= 15 is 0 Å². The molecule has 1 heterocycles. The molecule has 19 heavy (non-hydrogen) atoms. The molecule has 2 rings (SSSR count). The number of carbonyl (C=O) groups is 3. The Morgan fingerprint density at radius 1 is 1.26 bits per heavy atom. The van der Waals surface area contributed by atoms with Crippen molar-refractivity contribution in [3.05, 3.63) is 47.0 Å². The standard InChI is InChI=1S/C14H13NO4/c16-12(5-6-13(17)18)10-4-3-9-2-1-7-15-14(19)11(9)8-10/h3-6,8H,1-2,7H2,(H,15,19)(H,17,18)/b6-5+. The SMILES string of the molecule is O=C(O)/C=C/C(=O)c1ccc2c(c1)C(=O)NCCC2. The number of fused-ring (bicyclic) bond motifs is 1. The van der Waals surface area contributed by atoms with Crippen molar-refractivity contribution in [2.75, 3.05) is 6.54 Å². The van der Waals surface area contributed by atoms with Crippen LogP contribution in [0.3, 0.4) is 0 Å². The number of amides is 1. The maximum Gasteiger partial charge on any atom is 0.328 e. The molecule has 1 amide bonds. The predicted octanol–water partition coefficient (Wildman–Crippen LogP) is 1.19. The number of nitrogens with one attached hydrogen (secondary N) is 1. The number of aliphatic carboxylic acids is 1. The van der Waals surface area contributed by atoms with Crippen LogP contribution < -0.4 is 5.32 Å². The van der Waals surface area contributed by atoms with Gasteiger partial charge in [-0.25, -0.2) is 4.79 Å². The van der Waals surface area contributed by atoms with Gasteiger partial charge in [-0.3, -0.25) is 9.59 Å². The summed E-state index contributed by atoms with van der Waals surface area (Å²) in [6.45, 7) is 0.621. The number of ketones is 1. The third-order valence-electron chi connectivity index (χ3n) is 2.92. The molecule has 5 nitrogen and oxygen atoms in total. The van der Waals surface area contributed by atoms with Gasteiger partial charge in [0.15, 0.2) is 5.78 Å². The Kier molecular flexibility index (Phi) is 3.75. The maximum atomic E-state index is 11.8. The average Bonchev–Trinajstić information content (AvgIpc) is 2.58. The van der Waals surface area contributed by atoms with Crippen molar-refractivity contribution in [1.82, 2.24) is 5.32 Å². The Bertz CT molecular complexity index is 575. The predicted molar refractivity (Wildman–Crippen MR) is 68.2 cm³/mol. The molecule has 0 unspecified atom stereocenters. The molecule has 1 aromatic rings. The zero-order valence-corrected chi connectivity index (χ0v) is 10.2. The molecular weight excluding hydrogens is 246 g/mol. The molecule has 0 fully saturated rings. The molecule has 2 N–H and O–H groups in total. The van der Waals surface area contributed by atoms with E-state index in [4.69, 9.17) is 5.11 Å². The van der Waals surface area contributed by atoms with E-state index in [2.05, 4.69) is 5.32 Å². The van der Waals surface area contributed by atoms with Gasteiger partial charge >= 0.3 is 5.97 Å². The van der Waals surface area contributed by atoms with Crippen LogP contribution in [0, 0.1) is 0 Å². The number of aryl methyl sites for hydroxylation is 1. The monoisotopic (exact) mass is 259 g/mol. The first-order chi connectivity index (χ1) is 9.08. The third kappa shape index (κ3) is 3.07. The number of carbonyl (C=O) groups excluding carboxylic acids is 2. The van der Waals surface area contributed by atoms with E-state index in [1.54, 1.807) is 12.1 Å². The number of rotatable bonds is 3. The third-order valence-corrected chi connectivity index (χ3v) is 2.92. The van der Waals surface area contributed by atoms with E-state index in [1.165, 1.54) is 6.07 Å². The molecule has 0 spiro atoms. The molecule has 0 bridgehead atoms. The largest absolute Gasteiger partial charge is 0.478 e. The van der Waals surface area contributed by atoms with Crippen molar-refractivity contribution in [3.63, 3.8) is 0 Å². The van der Waals surface area contributed by atoms with Gasteiger partial charge in [0.1, 0.15) is 0 Å².